The highest BCUT2D eigenvalue weighted by Gasteiger charge is 2.08. The van der Waals surface area contributed by atoms with E-state index < -0.39 is 0 Å². The van der Waals surface area contributed by atoms with Gasteiger partial charge in [-0.1, -0.05) is 36.4 Å². The van der Waals surface area contributed by atoms with E-state index in [2.05, 4.69) is 17.4 Å². The van der Waals surface area contributed by atoms with Crippen LogP contribution in [0.2, 0.25) is 0 Å². The number of amides is 1. The van der Waals surface area contributed by atoms with Crippen LogP contribution in [0.5, 0.6) is 11.5 Å². The molecule has 0 atom stereocenters. The molecule has 0 bridgehead atoms. The van der Waals surface area contributed by atoms with Crippen molar-refractivity contribution in [2.24, 2.45) is 0 Å². The molecular formula is C24H25NO3. The van der Waals surface area contributed by atoms with Crippen LogP contribution in [0.3, 0.4) is 0 Å². The first-order chi connectivity index (χ1) is 13.6. The monoisotopic (exact) mass is 375 g/mol. The first-order valence-electron chi connectivity index (χ1n) is 9.45. The molecule has 0 aromatic heterocycles. The van der Waals surface area contributed by atoms with Crippen LogP contribution >= 0.6 is 0 Å². The Morgan fingerprint density at radius 3 is 2.36 bits per heavy atom. The van der Waals surface area contributed by atoms with Gasteiger partial charge >= 0.3 is 0 Å². The van der Waals surface area contributed by atoms with E-state index in [0.717, 1.165) is 17.9 Å². The average Bonchev–Trinajstić information content (AvgIpc) is 2.70. The lowest BCUT2D eigenvalue weighted by Gasteiger charge is -2.11. The number of hydrogen-bond donors (Lipinski definition) is 1. The minimum absolute atomic E-state index is 0.116. The van der Waals surface area contributed by atoms with Gasteiger partial charge in [0, 0.05) is 17.7 Å². The largest absolute Gasteiger partial charge is 0.493 e. The molecule has 4 heteroatoms. The van der Waals surface area contributed by atoms with E-state index in [0.29, 0.717) is 17.9 Å². The summed E-state index contributed by atoms with van der Waals surface area (Å²) in [5.41, 5.74) is 2.50. The van der Waals surface area contributed by atoms with Crippen molar-refractivity contribution in [1.82, 2.24) is 0 Å². The first-order valence-corrected chi connectivity index (χ1v) is 9.45. The Morgan fingerprint density at radius 2 is 1.64 bits per heavy atom. The molecule has 0 aliphatic rings. The summed E-state index contributed by atoms with van der Waals surface area (Å²) in [6.07, 6.45) is 0.937. The van der Waals surface area contributed by atoms with Gasteiger partial charge in [0.25, 0.3) is 5.91 Å². The maximum atomic E-state index is 12.5. The Kier molecular flexibility index (Phi) is 6.68. The van der Waals surface area contributed by atoms with Gasteiger partial charge < -0.3 is 14.8 Å². The number of carbonyl (C=O) groups is 1. The smallest absolute Gasteiger partial charge is 0.255 e. The molecule has 144 valence electrons. The molecule has 0 heterocycles. The molecule has 3 aromatic rings. The SMILES string of the molecule is CC(C)Oc1ccc(NC(=O)c2cccc(OCCc3ccccc3)c2)cc1. The van der Waals surface area contributed by atoms with Gasteiger partial charge in [-0.3, -0.25) is 4.79 Å². The summed E-state index contributed by atoms with van der Waals surface area (Å²) < 4.78 is 11.4. The van der Waals surface area contributed by atoms with Crippen LogP contribution in [0, 0.1) is 0 Å². The zero-order valence-corrected chi connectivity index (χ0v) is 16.2. The summed E-state index contributed by atoms with van der Waals surface area (Å²) in [6.45, 7) is 4.52. The molecule has 0 saturated carbocycles. The van der Waals surface area contributed by atoms with Crippen molar-refractivity contribution in [2.45, 2.75) is 26.4 Å². The Labute approximate surface area is 166 Å². The van der Waals surface area contributed by atoms with Gasteiger partial charge in [-0.05, 0) is 61.9 Å². The van der Waals surface area contributed by atoms with Crippen molar-refractivity contribution < 1.29 is 14.3 Å². The van der Waals surface area contributed by atoms with E-state index in [1.54, 1.807) is 12.1 Å². The van der Waals surface area contributed by atoms with Crippen LogP contribution < -0.4 is 14.8 Å². The molecule has 1 N–H and O–H groups in total. The van der Waals surface area contributed by atoms with Crippen LogP contribution in [0.15, 0.2) is 78.9 Å². The number of ether oxygens (including phenoxy) is 2. The van der Waals surface area contributed by atoms with E-state index in [4.69, 9.17) is 9.47 Å². The minimum Gasteiger partial charge on any atom is -0.493 e. The Morgan fingerprint density at radius 1 is 0.893 bits per heavy atom. The van der Waals surface area contributed by atoms with E-state index in [1.165, 1.54) is 5.56 Å². The molecule has 0 aliphatic heterocycles. The van der Waals surface area contributed by atoms with Crippen LogP contribution in [-0.2, 0) is 6.42 Å². The second-order valence-electron chi connectivity index (χ2n) is 6.76. The second kappa shape index (κ2) is 9.60. The maximum absolute atomic E-state index is 12.5. The third kappa shape index (κ3) is 5.88. The number of rotatable bonds is 8. The fraction of sp³-hybridized carbons (Fsp3) is 0.208. The van der Waals surface area contributed by atoms with Gasteiger partial charge in [0.05, 0.1) is 12.7 Å². The molecular weight excluding hydrogens is 350 g/mol. The lowest BCUT2D eigenvalue weighted by atomic mass is 10.1. The van der Waals surface area contributed by atoms with E-state index in [1.807, 2.05) is 68.4 Å². The number of benzene rings is 3. The zero-order valence-electron chi connectivity index (χ0n) is 16.2. The van der Waals surface area contributed by atoms with Gasteiger partial charge in [-0.15, -0.1) is 0 Å². The summed E-state index contributed by atoms with van der Waals surface area (Å²) in [4.78, 5) is 12.5. The molecule has 0 fully saturated rings. The van der Waals surface area contributed by atoms with Crippen LogP contribution in [-0.4, -0.2) is 18.6 Å². The van der Waals surface area contributed by atoms with Crippen molar-refractivity contribution in [3.8, 4) is 11.5 Å². The maximum Gasteiger partial charge on any atom is 0.255 e. The highest BCUT2D eigenvalue weighted by Crippen LogP contribution is 2.19. The fourth-order valence-electron chi connectivity index (χ4n) is 2.75. The standard InChI is InChI=1S/C24H25NO3/c1-18(2)28-22-13-11-21(12-14-22)25-24(26)20-9-6-10-23(17-20)27-16-15-19-7-4-3-5-8-19/h3-14,17-18H,15-16H2,1-2H3,(H,25,26). The summed E-state index contributed by atoms with van der Waals surface area (Å²) in [6, 6.07) is 24.7. The average molecular weight is 375 g/mol. The predicted molar refractivity (Wildman–Crippen MR) is 112 cm³/mol. The van der Waals surface area contributed by atoms with Gasteiger partial charge in [-0.2, -0.15) is 0 Å². The topological polar surface area (TPSA) is 47.6 Å². The third-order valence-corrected chi connectivity index (χ3v) is 4.08. The highest BCUT2D eigenvalue weighted by molar-refractivity contribution is 6.04. The summed E-state index contributed by atoms with van der Waals surface area (Å²) >= 11 is 0. The van der Waals surface area contributed by atoms with Gasteiger partial charge in [-0.25, -0.2) is 0 Å². The molecule has 0 saturated heterocycles. The lowest BCUT2D eigenvalue weighted by Crippen LogP contribution is -2.12. The lowest BCUT2D eigenvalue weighted by molar-refractivity contribution is 0.102. The molecule has 4 nitrogen and oxygen atoms in total. The van der Waals surface area contributed by atoms with Crippen molar-refractivity contribution >= 4 is 11.6 Å². The number of nitrogens with one attached hydrogen (secondary N) is 1. The number of anilines is 1. The van der Waals surface area contributed by atoms with Crippen LogP contribution in [0.4, 0.5) is 5.69 Å². The normalized spacial score (nSPS) is 10.5. The van der Waals surface area contributed by atoms with Crippen molar-refractivity contribution in [2.75, 3.05) is 11.9 Å². The number of hydrogen-bond acceptors (Lipinski definition) is 3. The van der Waals surface area contributed by atoms with Gasteiger partial charge in [0.1, 0.15) is 11.5 Å². The Bertz CT molecular complexity index is 889. The molecule has 28 heavy (non-hydrogen) atoms. The molecule has 0 unspecified atom stereocenters. The van der Waals surface area contributed by atoms with Crippen molar-refractivity contribution in [3.63, 3.8) is 0 Å². The quantitative estimate of drug-likeness (QED) is 0.577. The molecule has 3 rings (SSSR count). The summed E-state index contributed by atoms with van der Waals surface area (Å²) in [7, 11) is 0. The van der Waals surface area contributed by atoms with E-state index in [9.17, 15) is 4.79 Å². The molecule has 3 aromatic carbocycles. The van der Waals surface area contributed by atoms with Crippen molar-refractivity contribution in [1.29, 1.82) is 0 Å². The van der Waals surface area contributed by atoms with Gasteiger partial charge in [0.15, 0.2) is 0 Å². The molecule has 0 aliphatic carbocycles. The number of carbonyl (C=O) groups excluding carboxylic acids is 1. The van der Waals surface area contributed by atoms with E-state index in [-0.39, 0.29) is 12.0 Å². The van der Waals surface area contributed by atoms with Crippen LogP contribution in [0.1, 0.15) is 29.8 Å². The van der Waals surface area contributed by atoms with Gasteiger partial charge in [0.2, 0.25) is 0 Å². The van der Waals surface area contributed by atoms with Crippen molar-refractivity contribution in [3.05, 3.63) is 90.0 Å². The Hall–Kier alpha value is -3.27. The molecule has 0 spiro atoms. The third-order valence-electron chi connectivity index (χ3n) is 4.08. The zero-order chi connectivity index (χ0) is 19.8. The highest BCUT2D eigenvalue weighted by atomic mass is 16.5. The second-order valence-corrected chi connectivity index (χ2v) is 6.76. The molecule has 1 amide bonds. The van der Waals surface area contributed by atoms with E-state index >= 15 is 0 Å². The molecule has 0 radical (unpaired) electrons. The summed E-state index contributed by atoms with van der Waals surface area (Å²) in [5, 5.41) is 2.90. The fourth-order valence-corrected chi connectivity index (χ4v) is 2.75. The van der Waals surface area contributed by atoms with Crippen LogP contribution in [0.25, 0.3) is 0 Å². The summed E-state index contributed by atoms with van der Waals surface area (Å²) in [5.74, 6) is 1.29. The predicted octanol–water partition coefficient (Wildman–Crippen LogP) is 5.35. The first kappa shape index (κ1) is 19.5. The Balaban J connectivity index is 1.56. The minimum atomic E-state index is -0.175.